The molecule has 0 saturated heterocycles. The maximum Gasteiger partial charge on any atom is 0.231 e. The van der Waals surface area contributed by atoms with E-state index in [1.807, 2.05) is 42.5 Å². The van der Waals surface area contributed by atoms with Crippen LogP contribution in [0.25, 0.3) is 0 Å². The van der Waals surface area contributed by atoms with Gasteiger partial charge < -0.3 is 5.32 Å². The van der Waals surface area contributed by atoms with Crippen molar-refractivity contribution in [2.75, 3.05) is 10.3 Å². The minimum Gasteiger partial charge on any atom is -0.362 e. The number of hydrogen-bond acceptors (Lipinski definition) is 5. The smallest absolute Gasteiger partial charge is 0.231 e. The summed E-state index contributed by atoms with van der Waals surface area (Å²) in [6, 6.07) is 16.8. The summed E-state index contributed by atoms with van der Waals surface area (Å²) in [6.07, 6.45) is -0.391. The highest BCUT2D eigenvalue weighted by Crippen LogP contribution is 2.34. The van der Waals surface area contributed by atoms with E-state index in [1.54, 1.807) is 24.1 Å². The van der Waals surface area contributed by atoms with Crippen molar-refractivity contribution in [1.29, 1.82) is 0 Å². The molecule has 1 N–H and O–H groups in total. The molecule has 0 spiro atoms. The first-order chi connectivity index (χ1) is 11.2. The molecule has 2 aliphatic rings. The van der Waals surface area contributed by atoms with Gasteiger partial charge in [-0.05, 0) is 31.2 Å². The number of rotatable bonds is 1. The van der Waals surface area contributed by atoms with Gasteiger partial charge in [0, 0.05) is 11.3 Å². The first-order valence-electron chi connectivity index (χ1n) is 7.50. The fourth-order valence-corrected chi connectivity index (χ4v) is 3.18. The molecule has 5 heteroatoms. The number of Topliss-reactive ketones (excluding diaryl/α,β-unsaturated/α-hetero) is 2. The molecule has 2 aromatic rings. The Morgan fingerprint density at radius 3 is 2.48 bits per heavy atom. The van der Waals surface area contributed by atoms with Gasteiger partial charge in [-0.25, -0.2) is 5.01 Å². The summed E-state index contributed by atoms with van der Waals surface area (Å²) in [4.78, 5) is 25.2. The summed E-state index contributed by atoms with van der Waals surface area (Å²) < 4.78 is 0. The number of fused-ring (bicyclic) bond motifs is 2. The Morgan fingerprint density at radius 2 is 1.70 bits per heavy atom. The molecule has 0 unspecified atom stereocenters. The van der Waals surface area contributed by atoms with Gasteiger partial charge in [0.05, 0.1) is 11.4 Å². The second-order valence-corrected chi connectivity index (χ2v) is 5.73. The normalized spacial score (nSPS) is 22.8. The number of benzene rings is 2. The number of anilines is 2. The highest BCUT2D eigenvalue weighted by atomic mass is 16.2. The van der Waals surface area contributed by atoms with Crippen LogP contribution in [0.1, 0.15) is 17.3 Å². The van der Waals surface area contributed by atoms with Crippen LogP contribution in [0.4, 0.5) is 11.4 Å². The van der Waals surface area contributed by atoms with Crippen LogP contribution in [0.3, 0.4) is 0 Å². The van der Waals surface area contributed by atoms with E-state index in [0.29, 0.717) is 17.0 Å². The lowest BCUT2D eigenvalue weighted by molar-refractivity contribution is -0.116. The van der Waals surface area contributed by atoms with Crippen LogP contribution < -0.4 is 10.3 Å². The lowest BCUT2D eigenvalue weighted by atomic mass is 9.93. The molecule has 2 atom stereocenters. The quantitative estimate of drug-likeness (QED) is 0.823. The van der Waals surface area contributed by atoms with E-state index >= 15 is 0 Å². The van der Waals surface area contributed by atoms with Crippen LogP contribution in [-0.4, -0.2) is 23.4 Å². The van der Waals surface area contributed by atoms with Crippen LogP contribution in [0.5, 0.6) is 0 Å². The zero-order valence-corrected chi connectivity index (χ0v) is 12.6. The molecule has 0 aliphatic carbocycles. The Balaban J connectivity index is 1.83. The lowest BCUT2D eigenvalue weighted by Crippen LogP contribution is -2.43. The van der Waals surface area contributed by atoms with E-state index in [4.69, 9.17) is 0 Å². The summed E-state index contributed by atoms with van der Waals surface area (Å²) in [5, 5.41) is 9.63. The van der Waals surface area contributed by atoms with Gasteiger partial charge in [-0.3, -0.25) is 9.59 Å². The number of carbonyl (C=O) groups excluding carboxylic acids is 2. The average Bonchev–Trinajstić information content (AvgIpc) is 2.85. The SMILES string of the molecule is CC1=NN(c2ccccc2)[C@H]2Nc3ccccc3C(=O)C(=O)[C@H]12. The predicted molar refractivity (Wildman–Crippen MR) is 88.7 cm³/mol. The van der Waals surface area contributed by atoms with Gasteiger partial charge in [0.15, 0.2) is 0 Å². The summed E-state index contributed by atoms with van der Waals surface area (Å²) in [6.45, 7) is 1.80. The zero-order chi connectivity index (χ0) is 16.0. The number of nitrogens with one attached hydrogen (secondary N) is 1. The van der Waals surface area contributed by atoms with Crippen molar-refractivity contribution < 1.29 is 9.59 Å². The van der Waals surface area contributed by atoms with E-state index in [0.717, 1.165) is 5.69 Å². The molecule has 2 aromatic carbocycles. The van der Waals surface area contributed by atoms with Crippen LogP contribution in [0.15, 0.2) is 59.7 Å². The Bertz CT molecular complexity index is 829. The third-order valence-electron chi connectivity index (χ3n) is 4.30. The van der Waals surface area contributed by atoms with Gasteiger partial charge in [0.1, 0.15) is 12.1 Å². The first kappa shape index (κ1) is 13.7. The molecule has 0 bridgehead atoms. The van der Waals surface area contributed by atoms with Crippen molar-refractivity contribution >= 4 is 28.7 Å². The first-order valence-corrected chi connectivity index (χ1v) is 7.50. The number of ketones is 2. The maximum absolute atomic E-state index is 12.7. The molecule has 4 rings (SSSR count). The minimum absolute atomic E-state index is 0.391. The molecule has 2 aliphatic heterocycles. The van der Waals surface area contributed by atoms with E-state index in [9.17, 15) is 9.59 Å². The monoisotopic (exact) mass is 305 g/mol. The van der Waals surface area contributed by atoms with Gasteiger partial charge in [-0.1, -0.05) is 30.3 Å². The highest BCUT2D eigenvalue weighted by molar-refractivity contribution is 6.49. The van der Waals surface area contributed by atoms with Crippen molar-refractivity contribution in [2.45, 2.75) is 13.1 Å². The third kappa shape index (κ3) is 2.04. The van der Waals surface area contributed by atoms with Crippen molar-refractivity contribution in [3.05, 3.63) is 60.2 Å². The molecular weight excluding hydrogens is 290 g/mol. The topological polar surface area (TPSA) is 61.8 Å². The number of hydrazone groups is 1. The summed E-state index contributed by atoms with van der Waals surface area (Å²) in [5.41, 5.74) is 2.63. The van der Waals surface area contributed by atoms with Gasteiger partial charge in [0.25, 0.3) is 0 Å². The van der Waals surface area contributed by atoms with E-state index in [1.165, 1.54) is 0 Å². The molecule has 0 saturated carbocycles. The molecule has 0 radical (unpaired) electrons. The molecule has 0 aromatic heterocycles. The van der Waals surface area contributed by atoms with E-state index in [2.05, 4.69) is 10.4 Å². The second kappa shape index (κ2) is 5.05. The van der Waals surface area contributed by atoms with E-state index in [-0.39, 0.29) is 0 Å². The molecule has 0 fully saturated rings. The Hall–Kier alpha value is -2.95. The zero-order valence-electron chi connectivity index (χ0n) is 12.6. The van der Waals surface area contributed by atoms with Gasteiger partial charge >= 0.3 is 0 Å². The molecule has 5 nitrogen and oxygen atoms in total. The van der Waals surface area contributed by atoms with Crippen molar-refractivity contribution in [3.63, 3.8) is 0 Å². The standard InChI is InChI=1S/C18H15N3O2/c1-11-15-17(23)16(22)13-9-5-6-10-14(13)19-18(15)21(20-11)12-7-3-2-4-8-12/h2-10,15,18-19H,1H3/t15-,18+/m0/s1. The fraction of sp³-hybridized carbons (Fsp3) is 0.167. The second-order valence-electron chi connectivity index (χ2n) is 5.73. The van der Waals surface area contributed by atoms with Crippen molar-refractivity contribution in [3.8, 4) is 0 Å². The Kier molecular flexibility index (Phi) is 3.01. The number of hydrogen-bond donors (Lipinski definition) is 1. The van der Waals surface area contributed by atoms with Crippen LogP contribution in [-0.2, 0) is 4.79 Å². The summed E-state index contributed by atoms with van der Waals surface area (Å²) in [5.74, 6) is -1.44. The van der Waals surface area contributed by atoms with Crippen LogP contribution >= 0.6 is 0 Å². The average molecular weight is 305 g/mol. The minimum atomic E-state index is -0.574. The molecule has 114 valence electrons. The van der Waals surface area contributed by atoms with Crippen LogP contribution in [0.2, 0.25) is 0 Å². The maximum atomic E-state index is 12.7. The summed E-state index contributed by atoms with van der Waals surface area (Å²) in [7, 11) is 0. The van der Waals surface area contributed by atoms with Crippen molar-refractivity contribution in [1.82, 2.24) is 0 Å². The Labute approximate surface area is 133 Å². The third-order valence-corrected chi connectivity index (χ3v) is 4.30. The molecular formula is C18H15N3O2. The summed E-state index contributed by atoms with van der Waals surface area (Å²) >= 11 is 0. The predicted octanol–water partition coefficient (Wildman–Crippen LogP) is 2.70. The van der Waals surface area contributed by atoms with E-state index < -0.39 is 23.7 Å². The van der Waals surface area contributed by atoms with Gasteiger partial charge in [-0.15, -0.1) is 0 Å². The van der Waals surface area contributed by atoms with Gasteiger partial charge in [0.2, 0.25) is 11.6 Å². The number of para-hydroxylation sites is 2. The number of nitrogens with zero attached hydrogens (tertiary/aromatic N) is 2. The fourth-order valence-electron chi connectivity index (χ4n) is 3.18. The number of carbonyl (C=O) groups is 2. The highest BCUT2D eigenvalue weighted by Gasteiger charge is 2.46. The van der Waals surface area contributed by atoms with Crippen molar-refractivity contribution in [2.24, 2.45) is 11.0 Å². The lowest BCUT2D eigenvalue weighted by Gasteiger charge is -2.27. The molecule has 2 heterocycles. The molecule has 23 heavy (non-hydrogen) atoms. The largest absolute Gasteiger partial charge is 0.362 e. The van der Waals surface area contributed by atoms with Gasteiger partial charge in [-0.2, -0.15) is 5.10 Å². The Morgan fingerprint density at radius 1 is 1.00 bits per heavy atom. The molecule has 0 amide bonds. The van der Waals surface area contributed by atoms with Crippen LogP contribution in [0, 0.1) is 5.92 Å².